The minimum atomic E-state index is -1.43. The molecule has 7 aliphatic rings. The number of nitrogens with zero attached hydrogens (tertiary/aromatic N) is 7. The van der Waals surface area contributed by atoms with E-state index in [-0.39, 0.29) is 115 Å². The lowest BCUT2D eigenvalue weighted by atomic mass is 9.88. The predicted molar refractivity (Wildman–Crippen MR) is 362 cm³/mol. The number of Topliss-reactive ketones (excluding diaryl/α,β-unsaturated/α-hetero) is 2. The number of hydrogen-bond acceptors (Lipinski definition) is 15. The second-order valence-corrected chi connectivity index (χ2v) is 28.6. The van der Waals surface area contributed by atoms with Crippen LogP contribution in [-0.4, -0.2) is 136 Å². The fourth-order valence-electron chi connectivity index (χ4n) is 15.1. The van der Waals surface area contributed by atoms with Gasteiger partial charge in [-0.15, -0.1) is 5.10 Å². The Morgan fingerprint density at radius 2 is 1.32 bits per heavy atom. The number of anilines is 2. The molecule has 5 aromatic carbocycles. The van der Waals surface area contributed by atoms with Crippen LogP contribution in [0.1, 0.15) is 167 Å². The van der Waals surface area contributed by atoms with Gasteiger partial charge in [0, 0.05) is 79.5 Å². The Morgan fingerprint density at radius 1 is 0.680 bits per heavy atom. The molecule has 0 bridgehead atoms. The number of fused-ring (bicyclic) bond motifs is 9. The topological polar surface area (TPSA) is 242 Å². The van der Waals surface area contributed by atoms with Gasteiger partial charge in [0.1, 0.15) is 18.1 Å². The van der Waals surface area contributed by atoms with Crippen molar-refractivity contribution in [2.45, 2.75) is 174 Å². The van der Waals surface area contributed by atoms with Crippen LogP contribution in [0, 0.1) is 22.7 Å². The minimum absolute atomic E-state index is 0.0151. The summed E-state index contributed by atoms with van der Waals surface area (Å²) in [5.41, 5.74) is 8.32. The molecule has 2 N–H and O–H groups in total. The van der Waals surface area contributed by atoms with E-state index in [9.17, 15) is 38.7 Å². The van der Waals surface area contributed by atoms with Gasteiger partial charge < -0.3 is 48.8 Å². The predicted octanol–water partition coefficient (Wildman–Crippen LogP) is 11.4. The molecule has 13 rings (SSSR count). The molecular formula is C76H88N8O13. The molecule has 2 spiro atoms. The van der Waals surface area contributed by atoms with Gasteiger partial charge in [0.15, 0.2) is 35.0 Å². The average molecular weight is 1320 g/mol. The van der Waals surface area contributed by atoms with Crippen LogP contribution < -0.4 is 34.1 Å². The van der Waals surface area contributed by atoms with Crippen LogP contribution in [0.3, 0.4) is 0 Å². The summed E-state index contributed by atoms with van der Waals surface area (Å²) >= 11 is 0. The quantitative estimate of drug-likeness (QED) is 0.0536. The maximum Gasteiger partial charge on any atom is 0.416 e. The highest BCUT2D eigenvalue weighted by Crippen LogP contribution is 2.58. The van der Waals surface area contributed by atoms with Crippen LogP contribution in [0.25, 0.3) is 22.5 Å². The minimum Gasteiger partial charge on any atom is -0.493 e. The van der Waals surface area contributed by atoms with E-state index in [2.05, 4.69) is 34.4 Å². The lowest BCUT2D eigenvalue weighted by molar-refractivity contribution is -0.133. The SMILES string of the molecule is COc1cc2c(cc1OCCCCCOc1cc3c(cc1OC)C(=O)N1CC4(CC4)C[C@H]1C(O)N3C(=O)OCc1ccc(CC(=O)[C@H](C)NC(=O)[C@@H](CC(=O)CCC(=O)N3Cc4ccccc4-c4c(nnn4C(C)C)-c4ccccc43)C(C)C)cc1)CC[C@@H]1CC3(CC3)CN1C2=O. The molecule has 21 nitrogen and oxygen atoms in total. The third kappa shape index (κ3) is 13.6. The summed E-state index contributed by atoms with van der Waals surface area (Å²) < 4.78 is 32.0. The molecule has 1 aromatic heterocycles. The Hall–Kier alpha value is -9.11. The molecule has 97 heavy (non-hydrogen) atoms. The molecule has 21 heteroatoms. The van der Waals surface area contributed by atoms with Gasteiger partial charge in [-0.05, 0) is 155 Å². The number of benzene rings is 5. The van der Waals surface area contributed by atoms with E-state index in [0.717, 1.165) is 77.9 Å². The molecule has 5 aliphatic heterocycles. The Balaban J connectivity index is 0.597. The fourth-order valence-corrected chi connectivity index (χ4v) is 15.1. The van der Waals surface area contributed by atoms with Crippen molar-refractivity contribution in [1.29, 1.82) is 0 Å². The lowest BCUT2D eigenvalue weighted by Gasteiger charge is -2.31. The maximum absolute atomic E-state index is 14.5. The largest absolute Gasteiger partial charge is 0.493 e. The molecule has 6 heterocycles. The highest BCUT2D eigenvalue weighted by molar-refractivity contribution is 6.06. The summed E-state index contributed by atoms with van der Waals surface area (Å²) in [5.74, 6) is -0.645. The van der Waals surface area contributed by atoms with Crippen LogP contribution >= 0.6 is 0 Å². The molecule has 2 aliphatic carbocycles. The number of ketones is 2. The standard InChI is InChI=1S/C76H88N8O13/c1-45(2)56(35-53(85)25-26-67(87)80-41-51-15-9-10-16-54(51)69-68(78-79-84(69)46(3)4)55-17-11-12-18-59(55)80)70(88)77-47(5)62(86)33-48-19-21-49(22-20-48)42-97-74(92)83-60-38-66(64(94-7)37-58(60)72(90)82-44-76(29-30-76)40-61(82)73(83)91)96-32-14-8-13-31-95-65-34-50-23-24-52-39-75(27-28-75)43-81(52)71(89)57(50)36-63(65)93-6/h9-12,15-22,34,36-38,45-47,52,56,61,73,91H,8,13-14,23-33,35,39-44H2,1-7H3,(H,77,88)/t47-,52+,56-,61-,73?/m0/s1. The van der Waals surface area contributed by atoms with E-state index in [1.54, 1.807) is 60.2 Å². The molecule has 0 radical (unpaired) electrons. The number of aryl methyl sites for hydroxylation is 1. The number of methoxy groups -OCH3 is 2. The van der Waals surface area contributed by atoms with Gasteiger partial charge in [0.25, 0.3) is 11.8 Å². The number of para-hydroxylation sites is 1. The van der Waals surface area contributed by atoms with E-state index < -0.39 is 36.2 Å². The number of aliphatic hydroxyl groups is 1. The van der Waals surface area contributed by atoms with Crippen LogP contribution in [0.15, 0.2) is 97.1 Å². The third-order valence-corrected chi connectivity index (χ3v) is 21.2. The number of rotatable bonds is 24. The van der Waals surface area contributed by atoms with E-state index >= 15 is 0 Å². The number of nitrogens with one attached hydrogen (secondary N) is 1. The van der Waals surface area contributed by atoms with Gasteiger partial charge >= 0.3 is 6.09 Å². The molecule has 5 atom stereocenters. The number of amides is 5. The molecular weight excluding hydrogens is 1230 g/mol. The van der Waals surface area contributed by atoms with Gasteiger partial charge in [-0.3, -0.25) is 28.8 Å². The molecule has 510 valence electrons. The van der Waals surface area contributed by atoms with Crippen LogP contribution in [0.5, 0.6) is 23.0 Å². The first-order valence-corrected chi connectivity index (χ1v) is 34.6. The Labute approximate surface area is 566 Å². The van der Waals surface area contributed by atoms with Gasteiger partial charge in [0.05, 0.1) is 68.7 Å². The van der Waals surface area contributed by atoms with Crippen molar-refractivity contribution in [3.63, 3.8) is 0 Å². The maximum atomic E-state index is 14.5. The number of carbonyl (C=O) groups is 7. The summed E-state index contributed by atoms with van der Waals surface area (Å²) in [4.78, 5) is 105. The number of carbonyl (C=O) groups excluding carboxylic acids is 7. The number of aliphatic hydroxyl groups excluding tert-OH is 1. The van der Waals surface area contributed by atoms with Gasteiger partial charge in [-0.25, -0.2) is 14.4 Å². The zero-order valence-corrected chi connectivity index (χ0v) is 56.6. The van der Waals surface area contributed by atoms with Gasteiger partial charge in [0.2, 0.25) is 11.8 Å². The lowest BCUT2D eigenvalue weighted by Crippen LogP contribution is -2.50. The van der Waals surface area contributed by atoms with Crippen LogP contribution in [-0.2, 0) is 49.9 Å². The van der Waals surface area contributed by atoms with Crippen molar-refractivity contribution in [2.24, 2.45) is 22.7 Å². The summed E-state index contributed by atoms with van der Waals surface area (Å²) in [6, 6.07) is 28.2. The zero-order valence-electron chi connectivity index (χ0n) is 56.6. The summed E-state index contributed by atoms with van der Waals surface area (Å²) in [6.07, 6.45) is 7.20. The molecule has 5 amide bonds. The van der Waals surface area contributed by atoms with Gasteiger partial charge in [-0.2, -0.15) is 0 Å². The first-order chi connectivity index (χ1) is 46.7. The van der Waals surface area contributed by atoms with Crippen LogP contribution in [0.2, 0.25) is 0 Å². The van der Waals surface area contributed by atoms with E-state index in [1.807, 2.05) is 79.2 Å². The number of ether oxygens (including phenoxy) is 5. The molecule has 1 unspecified atom stereocenters. The van der Waals surface area contributed by atoms with Crippen molar-refractivity contribution in [3.8, 4) is 45.5 Å². The van der Waals surface area contributed by atoms with Gasteiger partial charge in [-0.1, -0.05) is 85.8 Å². The van der Waals surface area contributed by atoms with Crippen molar-refractivity contribution in [3.05, 3.63) is 130 Å². The summed E-state index contributed by atoms with van der Waals surface area (Å²) in [5, 5.41) is 24.2. The molecule has 2 saturated carbocycles. The highest BCUT2D eigenvalue weighted by atomic mass is 16.6. The number of aromatic nitrogens is 3. The second kappa shape index (κ2) is 27.4. The molecule has 4 fully saturated rings. The van der Waals surface area contributed by atoms with Crippen molar-refractivity contribution >= 4 is 52.7 Å². The van der Waals surface area contributed by atoms with Crippen molar-refractivity contribution < 1.29 is 62.4 Å². The second-order valence-electron chi connectivity index (χ2n) is 28.6. The Bertz CT molecular complexity index is 4040. The Kier molecular flexibility index (Phi) is 18.8. The third-order valence-electron chi connectivity index (χ3n) is 21.2. The van der Waals surface area contributed by atoms with Crippen molar-refractivity contribution in [1.82, 2.24) is 30.1 Å². The number of hydrogen-bond donors (Lipinski definition) is 2. The summed E-state index contributed by atoms with van der Waals surface area (Å²) in [6.45, 7) is 11.5. The monoisotopic (exact) mass is 1320 g/mol. The van der Waals surface area contributed by atoms with Crippen molar-refractivity contribution in [2.75, 3.05) is 50.3 Å². The molecule has 2 saturated heterocycles. The normalized spacial score (nSPS) is 19.6. The fraction of sp³-hybridized carbons (Fsp3) is 0.487. The number of unbranched alkanes of at least 4 members (excludes halogenated alkanes) is 2. The van der Waals surface area contributed by atoms with E-state index in [0.29, 0.717) is 83.1 Å². The first kappa shape index (κ1) is 66.5. The first-order valence-electron chi connectivity index (χ1n) is 34.6. The Morgan fingerprint density at radius 3 is 2.01 bits per heavy atom. The summed E-state index contributed by atoms with van der Waals surface area (Å²) in [7, 11) is 3.08. The smallest absolute Gasteiger partial charge is 0.416 e. The average Bonchev–Trinajstić information content (AvgIpc) is 1.61. The molecule has 6 aromatic rings. The highest BCUT2D eigenvalue weighted by Gasteiger charge is 2.58. The van der Waals surface area contributed by atoms with E-state index in [1.165, 1.54) is 20.0 Å². The zero-order chi connectivity index (χ0) is 68.0. The van der Waals surface area contributed by atoms with E-state index in [4.69, 9.17) is 23.7 Å². The van der Waals surface area contributed by atoms with Crippen LogP contribution in [0.4, 0.5) is 16.2 Å².